The van der Waals surface area contributed by atoms with E-state index in [-0.39, 0.29) is 11.7 Å². The Labute approximate surface area is 113 Å². The summed E-state index contributed by atoms with van der Waals surface area (Å²) in [5.74, 6) is -0.147. The van der Waals surface area contributed by atoms with E-state index in [0.29, 0.717) is 5.56 Å². The van der Waals surface area contributed by atoms with E-state index in [4.69, 9.17) is 0 Å². The lowest BCUT2D eigenvalue weighted by Crippen LogP contribution is -2.34. The predicted octanol–water partition coefficient (Wildman–Crippen LogP) is 3.45. The lowest BCUT2D eigenvalue weighted by molar-refractivity contribution is 0.0412. The molecule has 2 N–H and O–H groups in total. The molecule has 98 valence electrons. The van der Waals surface area contributed by atoms with Crippen molar-refractivity contribution < 1.29 is 10.2 Å². The number of hydrogen-bond acceptors (Lipinski definition) is 2. The Kier molecular flexibility index (Phi) is 3.72. The van der Waals surface area contributed by atoms with Crippen LogP contribution in [0.4, 0.5) is 0 Å². The van der Waals surface area contributed by atoms with Crippen molar-refractivity contribution in [3.63, 3.8) is 0 Å². The van der Waals surface area contributed by atoms with Gasteiger partial charge in [0.1, 0.15) is 11.4 Å². The first-order valence-electron chi connectivity index (χ1n) is 6.29. The van der Waals surface area contributed by atoms with E-state index in [1.807, 2.05) is 37.3 Å². The number of benzene rings is 2. The van der Waals surface area contributed by atoms with E-state index in [0.717, 1.165) is 5.56 Å². The number of aromatic hydroxyl groups is 1. The summed E-state index contributed by atoms with van der Waals surface area (Å²) in [4.78, 5) is 0. The fourth-order valence-corrected chi connectivity index (χ4v) is 2.32. The van der Waals surface area contributed by atoms with Crippen LogP contribution < -0.4 is 0 Å². The Bertz CT molecular complexity index is 562. The predicted molar refractivity (Wildman–Crippen MR) is 76.9 cm³/mol. The highest BCUT2D eigenvalue weighted by atomic mass is 16.3. The molecule has 0 fully saturated rings. The van der Waals surface area contributed by atoms with Gasteiger partial charge in [-0.3, -0.25) is 0 Å². The fourth-order valence-electron chi connectivity index (χ4n) is 2.32. The quantitative estimate of drug-likeness (QED) is 0.820. The summed E-state index contributed by atoms with van der Waals surface area (Å²) in [6, 6.07) is 16.2. The molecule has 0 amide bonds. The third-order valence-corrected chi connectivity index (χ3v) is 3.54. The van der Waals surface area contributed by atoms with Crippen LogP contribution in [0, 0.1) is 5.92 Å². The highest BCUT2D eigenvalue weighted by molar-refractivity contribution is 5.45. The second kappa shape index (κ2) is 5.29. The van der Waals surface area contributed by atoms with Gasteiger partial charge in [-0.2, -0.15) is 0 Å². The molecule has 2 nitrogen and oxygen atoms in total. The second-order valence-corrected chi connectivity index (χ2v) is 4.67. The van der Waals surface area contributed by atoms with Gasteiger partial charge in [-0.05, 0) is 11.6 Å². The maximum Gasteiger partial charge on any atom is 0.124 e. The molecule has 0 bridgehead atoms. The van der Waals surface area contributed by atoms with Gasteiger partial charge in [0.25, 0.3) is 0 Å². The van der Waals surface area contributed by atoms with E-state index >= 15 is 0 Å². The van der Waals surface area contributed by atoms with E-state index in [1.54, 1.807) is 30.3 Å². The van der Waals surface area contributed by atoms with Crippen LogP contribution in [0.1, 0.15) is 18.1 Å². The van der Waals surface area contributed by atoms with Crippen LogP contribution >= 0.6 is 0 Å². The first-order valence-corrected chi connectivity index (χ1v) is 6.29. The molecule has 0 aliphatic carbocycles. The summed E-state index contributed by atoms with van der Waals surface area (Å²) in [6.07, 6.45) is 1.69. The molecule has 2 aromatic rings. The molecule has 0 saturated heterocycles. The zero-order valence-electron chi connectivity index (χ0n) is 11.0. The van der Waals surface area contributed by atoms with Crippen molar-refractivity contribution in [3.8, 4) is 5.75 Å². The zero-order valence-corrected chi connectivity index (χ0v) is 11.0. The zero-order chi connectivity index (χ0) is 13.9. The van der Waals surface area contributed by atoms with Gasteiger partial charge in [0.2, 0.25) is 0 Å². The van der Waals surface area contributed by atoms with E-state index in [1.165, 1.54) is 0 Å². The van der Waals surface area contributed by atoms with Crippen LogP contribution in [0.5, 0.6) is 5.75 Å². The normalized spacial score (nSPS) is 15.5. The topological polar surface area (TPSA) is 40.5 Å². The average molecular weight is 254 g/mol. The first-order chi connectivity index (χ1) is 9.10. The molecule has 0 aliphatic rings. The number of hydrogen-bond donors (Lipinski definition) is 2. The molecule has 0 saturated carbocycles. The van der Waals surface area contributed by atoms with Gasteiger partial charge in [-0.15, -0.1) is 6.58 Å². The minimum absolute atomic E-state index is 0.0857. The molecule has 0 radical (unpaired) electrons. The van der Waals surface area contributed by atoms with Crippen molar-refractivity contribution in [2.75, 3.05) is 0 Å². The van der Waals surface area contributed by atoms with Crippen molar-refractivity contribution in [3.05, 3.63) is 78.4 Å². The molecule has 2 aromatic carbocycles. The molecule has 0 heterocycles. The summed E-state index contributed by atoms with van der Waals surface area (Å²) in [5.41, 5.74) is -0.0496. The molecule has 2 rings (SSSR count). The maximum absolute atomic E-state index is 11.2. The molecule has 19 heavy (non-hydrogen) atoms. The van der Waals surface area contributed by atoms with Crippen molar-refractivity contribution in [2.24, 2.45) is 5.92 Å². The minimum Gasteiger partial charge on any atom is -0.508 e. The molecule has 0 aliphatic heterocycles. The summed E-state index contributed by atoms with van der Waals surface area (Å²) in [6.45, 7) is 5.65. The van der Waals surface area contributed by atoms with Crippen LogP contribution in [0.2, 0.25) is 0 Å². The van der Waals surface area contributed by atoms with Crippen molar-refractivity contribution >= 4 is 0 Å². The third-order valence-electron chi connectivity index (χ3n) is 3.54. The Morgan fingerprint density at radius 1 is 1.05 bits per heavy atom. The standard InChI is InChI=1S/C17H18O2/c1-3-13(2)17(19,14-9-5-4-6-10-14)15-11-7-8-12-16(15)18/h3-13,18-19H,1H2,2H3/t13-,17-/m0/s1. The first kappa shape index (κ1) is 13.4. The number of rotatable bonds is 4. The van der Waals surface area contributed by atoms with Gasteiger partial charge in [-0.25, -0.2) is 0 Å². The highest BCUT2D eigenvalue weighted by Gasteiger charge is 2.37. The van der Waals surface area contributed by atoms with Crippen LogP contribution in [0.15, 0.2) is 67.3 Å². The summed E-state index contributed by atoms with van der Waals surface area (Å²) in [5, 5.41) is 21.2. The highest BCUT2D eigenvalue weighted by Crippen LogP contribution is 2.41. The SMILES string of the molecule is C=C[C@H](C)[C@](O)(c1ccccc1)c1ccccc1O. The minimum atomic E-state index is -1.28. The Morgan fingerprint density at radius 2 is 1.63 bits per heavy atom. The summed E-state index contributed by atoms with van der Waals surface area (Å²) < 4.78 is 0. The van der Waals surface area contributed by atoms with E-state index in [9.17, 15) is 10.2 Å². The smallest absolute Gasteiger partial charge is 0.124 e. The average Bonchev–Trinajstić information content (AvgIpc) is 2.47. The molecular formula is C17H18O2. The van der Waals surface area contributed by atoms with Gasteiger partial charge < -0.3 is 10.2 Å². The van der Waals surface area contributed by atoms with Gasteiger partial charge >= 0.3 is 0 Å². The molecule has 2 heteroatoms. The lowest BCUT2D eigenvalue weighted by atomic mass is 9.76. The van der Waals surface area contributed by atoms with E-state index < -0.39 is 5.60 Å². The molecule has 0 aromatic heterocycles. The van der Waals surface area contributed by atoms with Crippen LogP contribution in [0.25, 0.3) is 0 Å². The summed E-state index contributed by atoms with van der Waals surface area (Å²) in [7, 11) is 0. The lowest BCUT2D eigenvalue weighted by Gasteiger charge is -2.34. The third kappa shape index (κ3) is 2.27. The van der Waals surface area contributed by atoms with Crippen molar-refractivity contribution in [1.29, 1.82) is 0 Å². The van der Waals surface area contributed by atoms with Crippen molar-refractivity contribution in [1.82, 2.24) is 0 Å². The molecule has 0 unspecified atom stereocenters. The molecule has 2 atom stereocenters. The number of phenolic OH excluding ortho intramolecular Hbond substituents is 1. The molecule has 0 spiro atoms. The Balaban J connectivity index is 2.66. The van der Waals surface area contributed by atoms with Crippen LogP contribution in [-0.2, 0) is 5.60 Å². The monoisotopic (exact) mass is 254 g/mol. The second-order valence-electron chi connectivity index (χ2n) is 4.67. The van der Waals surface area contributed by atoms with Crippen LogP contribution in [-0.4, -0.2) is 10.2 Å². The van der Waals surface area contributed by atoms with Gasteiger partial charge in [0.15, 0.2) is 0 Å². The maximum atomic E-state index is 11.2. The summed E-state index contributed by atoms with van der Waals surface area (Å²) >= 11 is 0. The van der Waals surface area contributed by atoms with Gasteiger partial charge in [0, 0.05) is 11.5 Å². The Hall–Kier alpha value is -2.06. The molecular weight excluding hydrogens is 236 g/mol. The Morgan fingerprint density at radius 3 is 2.21 bits per heavy atom. The number of phenols is 1. The fraction of sp³-hybridized carbons (Fsp3) is 0.176. The largest absolute Gasteiger partial charge is 0.508 e. The van der Waals surface area contributed by atoms with Gasteiger partial charge in [0.05, 0.1) is 0 Å². The van der Waals surface area contributed by atoms with Crippen LogP contribution in [0.3, 0.4) is 0 Å². The van der Waals surface area contributed by atoms with Crippen molar-refractivity contribution in [2.45, 2.75) is 12.5 Å². The number of aliphatic hydroxyl groups is 1. The van der Waals surface area contributed by atoms with Gasteiger partial charge in [-0.1, -0.05) is 61.5 Å². The number of para-hydroxylation sites is 1. The van der Waals surface area contributed by atoms with E-state index in [2.05, 4.69) is 6.58 Å².